The van der Waals surface area contributed by atoms with E-state index in [1.807, 2.05) is 74.5 Å². The Morgan fingerprint density at radius 1 is 0.767 bits per heavy atom. The van der Waals surface area contributed by atoms with E-state index in [2.05, 4.69) is 5.32 Å². The highest BCUT2D eigenvalue weighted by atomic mass is 35.5. The first-order chi connectivity index (χ1) is 20.7. The Hall–Kier alpha value is -4.14. The van der Waals surface area contributed by atoms with Crippen LogP contribution in [-0.4, -0.2) is 44.3 Å². The van der Waals surface area contributed by atoms with Gasteiger partial charge in [-0.25, -0.2) is 8.42 Å². The van der Waals surface area contributed by atoms with Gasteiger partial charge in [0.2, 0.25) is 11.8 Å². The molecule has 0 fully saturated rings. The molecule has 0 radical (unpaired) electrons. The summed E-state index contributed by atoms with van der Waals surface area (Å²) >= 11 is 6.50. The van der Waals surface area contributed by atoms with E-state index < -0.39 is 28.5 Å². The highest BCUT2D eigenvalue weighted by molar-refractivity contribution is 7.92. The van der Waals surface area contributed by atoms with Gasteiger partial charge in [0, 0.05) is 19.5 Å². The number of nitrogens with zero attached hydrogens (tertiary/aromatic N) is 2. The number of hydrogen-bond donors (Lipinski definition) is 1. The minimum absolute atomic E-state index is 0.0211. The average molecular weight is 618 g/mol. The first kappa shape index (κ1) is 31.8. The zero-order valence-corrected chi connectivity index (χ0v) is 25.8. The molecule has 0 saturated carbocycles. The molecule has 4 aromatic rings. The van der Waals surface area contributed by atoms with Gasteiger partial charge >= 0.3 is 0 Å². The van der Waals surface area contributed by atoms with Crippen LogP contribution in [0.15, 0.2) is 120 Å². The Bertz CT molecular complexity index is 1600. The van der Waals surface area contributed by atoms with Crippen molar-refractivity contribution >= 4 is 39.1 Å². The second-order valence-electron chi connectivity index (χ2n) is 10.6. The summed E-state index contributed by atoms with van der Waals surface area (Å²) in [6.45, 7) is 3.97. The zero-order chi connectivity index (χ0) is 30.8. The summed E-state index contributed by atoms with van der Waals surface area (Å²) < 4.78 is 29.0. The number of carbonyl (C=O) groups is 2. The fraction of sp³-hybridized carbons (Fsp3) is 0.235. The van der Waals surface area contributed by atoms with Crippen LogP contribution in [0.4, 0.5) is 5.69 Å². The molecular weight excluding hydrogens is 582 g/mol. The number of hydrogen-bond acceptors (Lipinski definition) is 4. The molecule has 0 bridgehead atoms. The highest BCUT2D eigenvalue weighted by Gasteiger charge is 2.35. The van der Waals surface area contributed by atoms with Crippen molar-refractivity contribution in [2.75, 3.05) is 17.4 Å². The van der Waals surface area contributed by atoms with Crippen LogP contribution in [0.2, 0.25) is 5.02 Å². The van der Waals surface area contributed by atoms with Crippen molar-refractivity contribution in [3.63, 3.8) is 0 Å². The van der Waals surface area contributed by atoms with Crippen LogP contribution in [0.1, 0.15) is 25.0 Å². The van der Waals surface area contributed by atoms with Gasteiger partial charge in [0.25, 0.3) is 10.0 Å². The summed E-state index contributed by atoms with van der Waals surface area (Å²) in [4.78, 5) is 29.6. The topological polar surface area (TPSA) is 86.8 Å². The Labute approximate surface area is 259 Å². The Morgan fingerprint density at radius 2 is 1.30 bits per heavy atom. The van der Waals surface area contributed by atoms with Crippen molar-refractivity contribution in [1.29, 1.82) is 0 Å². The second-order valence-corrected chi connectivity index (χ2v) is 12.9. The van der Waals surface area contributed by atoms with Gasteiger partial charge in [-0.1, -0.05) is 116 Å². The van der Waals surface area contributed by atoms with Gasteiger partial charge in [0.05, 0.1) is 15.6 Å². The number of anilines is 1. The predicted molar refractivity (Wildman–Crippen MR) is 171 cm³/mol. The second kappa shape index (κ2) is 14.8. The maximum atomic E-state index is 14.4. The maximum Gasteiger partial charge on any atom is 0.264 e. The SMILES string of the molecule is CC(C)CNC(=O)[C@H](Cc1ccccc1)N(Cc1ccccc1)C(=O)CN(c1ccccc1Cl)S(=O)(=O)c1ccccc1. The molecule has 0 aromatic heterocycles. The third-order valence-corrected chi connectivity index (χ3v) is 8.98. The summed E-state index contributed by atoms with van der Waals surface area (Å²) in [5.74, 6) is -0.646. The Kier molecular flexibility index (Phi) is 11.0. The molecule has 0 saturated heterocycles. The molecule has 4 aromatic carbocycles. The molecule has 0 aliphatic rings. The fourth-order valence-electron chi connectivity index (χ4n) is 4.64. The Balaban J connectivity index is 1.78. The van der Waals surface area contributed by atoms with Gasteiger partial charge in [-0.05, 0) is 41.3 Å². The fourth-order valence-corrected chi connectivity index (χ4v) is 6.39. The molecule has 0 unspecified atom stereocenters. The van der Waals surface area contributed by atoms with Gasteiger partial charge in [-0.15, -0.1) is 0 Å². The molecule has 0 spiro atoms. The molecule has 0 aliphatic carbocycles. The van der Waals surface area contributed by atoms with E-state index in [0.717, 1.165) is 15.4 Å². The van der Waals surface area contributed by atoms with E-state index in [1.54, 1.807) is 42.5 Å². The molecule has 0 aliphatic heterocycles. The van der Waals surface area contributed by atoms with Gasteiger partial charge in [0.1, 0.15) is 12.6 Å². The molecule has 0 heterocycles. The largest absolute Gasteiger partial charge is 0.354 e. The molecule has 2 amide bonds. The molecule has 1 atom stereocenters. The maximum absolute atomic E-state index is 14.4. The van der Waals surface area contributed by atoms with Crippen molar-refractivity contribution < 1.29 is 18.0 Å². The number of nitrogens with one attached hydrogen (secondary N) is 1. The molecule has 4 rings (SSSR count). The average Bonchev–Trinajstić information content (AvgIpc) is 3.02. The molecular formula is C34H36ClN3O4S. The van der Waals surface area contributed by atoms with Crippen LogP contribution >= 0.6 is 11.6 Å². The van der Waals surface area contributed by atoms with Gasteiger partial charge < -0.3 is 10.2 Å². The molecule has 9 heteroatoms. The van der Waals surface area contributed by atoms with Crippen molar-refractivity contribution in [3.8, 4) is 0 Å². The van der Waals surface area contributed by atoms with Crippen molar-refractivity contribution in [3.05, 3.63) is 131 Å². The highest BCUT2D eigenvalue weighted by Crippen LogP contribution is 2.31. The molecule has 224 valence electrons. The summed E-state index contributed by atoms with van der Waals surface area (Å²) in [7, 11) is -4.20. The van der Waals surface area contributed by atoms with Crippen LogP contribution in [0.25, 0.3) is 0 Å². The summed E-state index contributed by atoms with van der Waals surface area (Å²) in [5.41, 5.74) is 1.85. The monoisotopic (exact) mass is 617 g/mol. The number of rotatable bonds is 13. The normalized spacial score (nSPS) is 12.0. The van der Waals surface area contributed by atoms with Crippen LogP contribution in [0.3, 0.4) is 0 Å². The van der Waals surface area contributed by atoms with Crippen LogP contribution in [0.5, 0.6) is 0 Å². The van der Waals surface area contributed by atoms with Crippen LogP contribution in [-0.2, 0) is 32.6 Å². The van der Waals surface area contributed by atoms with E-state index in [1.165, 1.54) is 17.0 Å². The predicted octanol–water partition coefficient (Wildman–Crippen LogP) is 5.95. The Morgan fingerprint density at radius 3 is 1.88 bits per heavy atom. The minimum atomic E-state index is -4.20. The number of halogens is 1. The van der Waals surface area contributed by atoms with Crippen LogP contribution < -0.4 is 9.62 Å². The first-order valence-electron chi connectivity index (χ1n) is 14.1. The van der Waals surface area contributed by atoms with Crippen molar-refractivity contribution in [2.45, 2.75) is 37.8 Å². The molecule has 43 heavy (non-hydrogen) atoms. The minimum Gasteiger partial charge on any atom is -0.354 e. The number of para-hydroxylation sites is 1. The lowest BCUT2D eigenvalue weighted by Crippen LogP contribution is -2.53. The van der Waals surface area contributed by atoms with E-state index in [-0.39, 0.29) is 40.4 Å². The zero-order valence-electron chi connectivity index (χ0n) is 24.3. The summed E-state index contributed by atoms with van der Waals surface area (Å²) in [6, 6.07) is 32.3. The number of carbonyl (C=O) groups excluding carboxylic acids is 2. The first-order valence-corrected chi connectivity index (χ1v) is 16.0. The lowest BCUT2D eigenvalue weighted by molar-refractivity contribution is -0.140. The quantitative estimate of drug-likeness (QED) is 0.201. The summed E-state index contributed by atoms with van der Waals surface area (Å²) in [6.07, 6.45) is 0.251. The van der Waals surface area contributed by atoms with E-state index in [0.29, 0.717) is 6.54 Å². The standard InChI is InChI=1S/C34H36ClN3O4S/c1-26(2)23-36-34(40)32(22-27-14-6-3-7-15-27)37(24-28-16-8-4-9-17-28)33(39)25-38(31-21-13-12-20-30(31)35)43(41,42)29-18-10-5-11-19-29/h3-21,26,32H,22-25H2,1-2H3,(H,36,40)/t32-/m0/s1. The van der Waals surface area contributed by atoms with Gasteiger partial charge in [0.15, 0.2) is 0 Å². The third kappa shape index (κ3) is 8.46. The van der Waals surface area contributed by atoms with E-state index in [4.69, 9.17) is 11.6 Å². The summed E-state index contributed by atoms with van der Waals surface area (Å²) in [5, 5.41) is 3.17. The van der Waals surface area contributed by atoms with Crippen molar-refractivity contribution in [2.24, 2.45) is 5.92 Å². The van der Waals surface area contributed by atoms with E-state index in [9.17, 15) is 18.0 Å². The molecule has 7 nitrogen and oxygen atoms in total. The number of amides is 2. The van der Waals surface area contributed by atoms with Gasteiger partial charge in [-0.2, -0.15) is 0 Å². The molecule has 1 N–H and O–H groups in total. The van der Waals surface area contributed by atoms with Crippen molar-refractivity contribution in [1.82, 2.24) is 10.2 Å². The lowest BCUT2D eigenvalue weighted by Gasteiger charge is -2.34. The number of sulfonamides is 1. The lowest BCUT2D eigenvalue weighted by atomic mass is 10.0. The van der Waals surface area contributed by atoms with E-state index >= 15 is 0 Å². The smallest absolute Gasteiger partial charge is 0.264 e. The third-order valence-electron chi connectivity index (χ3n) is 6.88. The number of benzene rings is 4. The van der Waals surface area contributed by atoms with Gasteiger partial charge in [-0.3, -0.25) is 13.9 Å². The van der Waals surface area contributed by atoms with Crippen LogP contribution in [0, 0.1) is 5.92 Å².